The topological polar surface area (TPSA) is 23.8 Å². The lowest BCUT2D eigenvalue weighted by Crippen LogP contribution is -1.90. The zero-order chi connectivity index (χ0) is 11.1. The van der Waals surface area contributed by atoms with Crippen molar-refractivity contribution in [1.82, 2.24) is 0 Å². The maximum atomic E-state index is 12.9. The maximum absolute atomic E-state index is 12.9. The Hall–Kier alpha value is -1.01. The molecule has 1 nitrogen and oxygen atoms in total. The van der Waals surface area contributed by atoms with Crippen LogP contribution in [0.15, 0.2) is 18.2 Å². The summed E-state index contributed by atoms with van der Waals surface area (Å²) in [5, 5.41) is 8.83. The fourth-order valence-electron chi connectivity index (χ4n) is 1.22. The quantitative estimate of drug-likeness (QED) is 0.710. The first-order chi connectivity index (χ1) is 7.27. The molecule has 1 aromatic carbocycles. The number of hydrogen-bond acceptors (Lipinski definition) is 2. The third kappa shape index (κ3) is 3.93. The van der Waals surface area contributed by atoms with Crippen molar-refractivity contribution in [2.24, 2.45) is 0 Å². The molecule has 3 heteroatoms. The molecule has 0 bridgehead atoms. The highest BCUT2D eigenvalue weighted by Crippen LogP contribution is 2.18. The van der Waals surface area contributed by atoms with Crippen molar-refractivity contribution in [2.45, 2.75) is 25.5 Å². The standard InChI is InChI=1S/C12H14FNS/c1-2-3-6-15-9-11-7-12(13)5-4-10(11)8-14/h4-5,7H,2-3,6,9H2,1H3. The molecule has 15 heavy (non-hydrogen) atoms. The highest BCUT2D eigenvalue weighted by Gasteiger charge is 2.03. The highest BCUT2D eigenvalue weighted by molar-refractivity contribution is 7.98. The molecule has 0 fully saturated rings. The predicted octanol–water partition coefficient (Wildman–Crippen LogP) is 3.73. The number of nitriles is 1. The van der Waals surface area contributed by atoms with Crippen LogP contribution in [0.4, 0.5) is 4.39 Å². The molecule has 0 aromatic heterocycles. The van der Waals surface area contributed by atoms with E-state index < -0.39 is 0 Å². The van der Waals surface area contributed by atoms with Gasteiger partial charge in [-0.25, -0.2) is 4.39 Å². The lowest BCUT2D eigenvalue weighted by molar-refractivity contribution is 0.626. The van der Waals surface area contributed by atoms with E-state index in [1.165, 1.54) is 25.0 Å². The van der Waals surface area contributed by atoms with Gasteiger partial charge in [0.25, 0.3) is 0 Å². The molecular weight excluding hydrogens is 209 g/mol. The van der Waals surface area contributed by atoms with Crippen molar-refractivity contribution >= 4 is 11.8 Å². The second-order valence-electron chi connectivity index (χ2n) is 3.32. The van der Waals surface area contributed by atoms with E-state index in [-0.39, 0.29) is 5.82 Å². The molecule has 1 rings (SSSR count). The lowest BCUT2D eigenvalue weighted by atomic mass is 10.1. The highest BCUT2D eigenvalue weighted by atomic mass is 32.2. The van der Waals surface area contributed by atoms with Gasteiger partial charge >= 0.3 is 0 Å². The van der Waals surface area contributed by atoms with Crippen LogP contribution >= 0.6 is 11.8 Å². The molecule has 0 aliphatic heterocycles. The Labute approximate surface area is 94.3 Å². The number of unbranched alkanes of at least 4 members (excludes halogenated alkanes) is 1. The number of halogens is 1. The predicted molar refractivity (Wildman–Crippen MR) is 62.2 cm³/mol. The summed E-state index contributed by atoms with van der Waals surface area (Å²) in [7, 11) is 0. The van der Waals surface area contributed by atoms with Crippen LogP contribution in [0.5, 0.6) is 0 Å². The number of hydrogen-bond donors (Lipinski definition) is 0. The van der Waals surface area contributed by atoms with Crippen LogP contribution in [0, 0.1) is 17.1 Å². The van der Waals surface area contributed by atoms with Crippen molar-refractivity contribution in [3.8, 4) is 6.07 Å². The Morgan fingerprint density at radius 1 is 1.47 bits per heavy atom. The Bertz CT molecular complexity index is 357. The van der Waals surface area contributed by atoms with Crippen LogP contribution in [0.25, 0.3) is 0 Å². The van der Waals surface area contributed by atoms with Crippen molar-refractivity contribution in [3.05, 3.63) is 35.1 Å². The Balaban J connectivity index is 2.59. The van der Waals surface area contributed by atoms with Crippen molar-refractivity contribution in [2.75, 3.05) is 5.75 Å². The summed E-state index contributed by atoms with van der Waals surface area (Å²) in [6.07, 6.45) is 2.34. The van der Waals surface area contributed by atoms with E-state index in [0.717, 1.165) is 17.1 Å². The van der Waals surface area contributed by atoms with Gasteiger partial charge in [0.2, 0.25) is 0 Å². The first kappa shape index (κ1) is 12.1. The van der Waals surface area contributed by atoms with Crippen molar-refractivity contribution in [1.29, 1.82) is 5.26 Å². The Morgan fingerprint density at radius 3 is 2.93 bits per heavy atom. The molecule has 0 heterocycles. The van der Waals surface area contributed by atoms with Crippen LogP contribution in [0.2, 0.25) is 0 Å². The number of benzene rings is 1. The molecule has 0 N–H and O–H groups in total. The zero-order valence-corrected chi connectivity index (χ0v) is 9.61. The van der Waals surface area contributed by atoms with Gasteiger partial charge < -0.3 is 0 Å². The number of nitrogens with zero attached hydrogens (tertiary/aromatic N) is 1. The maximum Gasteiger partial charge on any atom is 0.123 e. The van der Waals surface area contributed by atoms with Gasteiger partial charge in [-0.2, -0.15) is 17.0 Å². The van der Waals surface area contributed by atoms with E-state index >= 15 is 0 Å². The second kappa shape index (κ2) is 6.47. The van der Waals surface area contributed by atoms with Gasteiger partial charge in [0, 0.05) is 5.75 Å². The van der Waals surface area contributed by atoms with Gasteiger partial charge in [-0.05, 0) is 35.9 Å². The van der Waals surface area contributed by atoms with Crippen LogP contribution in [0.1, 0.15) is 30.9 Å². The van der Waals surface area contributed by atoms with E-state index in [4.69, 9.17) is 5.26 Å². The Morgan fingerprint density at radius 2 is 2.27 bits per heavy atom. The average molecular weight is 223 g/mol. The largest absolute Gasteiger partial charge is 0.207 e. The molecule has 0 radical (unpaired) electrons. The molecule has 0 aliphatic carbocycles. The summed E-state index contributed by atoms with van der Waals surface area (Å²) in [4.78, 5) is 0. The van der Waals surface area contributed by atoms with Gasteiger partial charge in [0.05, 0.1) is 11.6 Å². The average Bonchev–Trinajstić information content (AvgIpc) is 2.25. The zero-order valence-electron chi connectivity index (χ0n) is 8.79. The number of thioether (sulfide) groups is 1. The van der Waals surface area contributed by atoms with E-state index in [9.17, 15) is 4.39 Å². The molecule has 0 unspecified atom stereocenters. The fraction of sp³-hybridized carbons (Fsp3) is 0.417. The molecule has 0 saturated heterocycles. The van der Waals surface area contributed by atoms with Crippen LogP contribution in [0.3, 0.4) is 0 Å². The lowest BCUT2D eigenvalue weighted by Gasteiger charge is -2.03. The van der Waals surface area contributed by atoms with Gasteiger partial charge in [-0.15, -0.1) is 0 Å². The summed E-state index contributed by atoms with van der Waals surface area (Å²) in [5.74, 6) is 1.53. The smallest absolute Gasteiger partial charge is 0.123 e. The fourth-order valence-corrected chi connectivity index (χ4v) is 2.32. The Kier molecular flexibility index (Phi) is 5.20. The van der Waals surface area contributed by atoms with Gasteiger partial charge in [-0.1, -0.05) is 13.3 Å². The van der Waals surface area contributed by atoms with Gasteiger partial charge in [-0.3, -0.25) is 0 Å². The monoisotopic (exact) mass is 223 g/mol. The van der Waals surface area contributed by atoms with Crippen molar-refractivity contribution < 1.29 is 4.39 Å². The summed E-state index contributed by atoms with van der Waals surface area (Å²) < 4.78 is 12.9. The summed E-state index contributed by atoms with van der Waals surface area (Å²) in [6.45, 7) is 2.14. The third-order valence-electron chi connectivity index (χ3n) is 2.09. The summed E-state index contributed by atoms with van der Waals surface area (Å²) in [5.41, 5.74) is 1.39. The second-order valence-corrected chi connectivity index (χ2v) is 4.42. The first-order valence-electron chi connectivity index (χ1n) is 5.04. The van der Waals surface area contributed by atoms with E-state index in [2.05, 4.69) is 13.0 Å². The molecule has 80 valence electrons. The van der Waals surface area contributed by atoms with Crippen LogP contribution in [-0.2, 0) is 5.75 Å². The van der Waals surface area contributed by atoms with Gasteiger partial charge in [0.15, 0.2) is 0 Å². The normalized spacial score (nSPS) is 9.93. The van der Waals surface area contributed by atoms with E-state index in [1.807, 2.05) is 0 Å². The first-order valence-corrected chi connectivity index (χ1v) is 6.19. The molecule has 0 saturated carbocycles. The van der Waals surface area contributed by atoms with E-state index in [0.29, 0.717) is 5.56 Å². The molecule has 0 amide bonds. The molecule has 1 aromatic rings. The van der Waals surface area contributed by atoms with Crippen molar-refractivity contribution in [3.63, 3.8) is 0 Å². The number of rotatable bonds is 5. The van der Waals surface area contributed by atoms with Gasteiger partial charge in [0.1, 0.15) is 5.82 Å². The molecule has 0 aliphatic rings. The molecular formula is C12H14FNS. The van der Waals surface area contributed by atoms with Crippen LogP contribution < -0.4 is 0 Å². The molecule has 0 atom stereocenters. The van der Waals surface area contributed by atoms with Crippen LogP contribution in [-0.4, -0.2) is 5.75 Å². The minimum absolute atomic E-state index is 0.264. The van der Waals surface area contributed by atoms with E-state index in [1.54, 1.807) is 17.8 Å². The minimum atomic E-state index is -0.264. The third-order valence-corrected chi connectivity index (χ3v) is 3.18. The molecule has 0 spiro atoms. The summed E-state index contributed by atoms with van der Waals surface area (Å²) in [6, 6.07) is 6.42. The minimum Gasteiger partial charge on any atom is -0.207 e. The SMILES string of the molecule is CCCCSCc1cc(F)ccc1C#N. The summed E-state index contributed by atoms with van der Waals surface area (Å²) >= 11 is 1.75.